The van der Waals surface area contributed by atoms with Crippen molar-refractivity contribution < 1.29 is 18.7 Å². The Morgan fingerprint density at radius 3 is 2.64 bits per heavy atom. The number of ether oxygens (including phenoxy) is 1. The molecule has 1 rings (SSSR count). The van der Waals surface area contributed by atoms with Gasteiger partial charge in [0.15, 0.2) is 0 Å². The summed E-state index contributed by atoms with van der Waals surface area (Å²) in [5.41, 5.74) is 0.399. The van der Waals surface area contributed by atoms with Crippen molar-refractivity contribution >= 4 is 12.3 Å². The monoisotopic (exact) mass is 196 g/mol. The third kappa shape index (κ3) is 1.64. The van der Waals surface area contributed by atoms with Crippen LogP contribution < -0.4 is 0 Å². The van der Waals surface area contributed by atoms with Crippen molar-refractivity contribution in [2.24, 2.45) is 0 Å². The fraction of sp³-hybridized carbons (Fsp3) is 0.200. The minimum absolute atomic E-state index is 0.183. The Kier molecular flexibility index (Phi) is 2.96. The molecule has 0 amide bonds. The molecule has 0 N–H and O–H groups in total. The van der Waals surface area contributed by atoms with Gasteiger partial charge in [0.1, 0.15) is 12.1 Å². The fourth-order valence-electron chi connectivity index (χ4n) is 1.18. The summed E-state index contributed by atoms with van der Waals surface area (Å²) in [4.78, 5) is 21.7. The molecule has 0 radical (unpaired) electrons. The van der Waals surface area contributed by atoms with Gasteiger partial charge in [0.25, 0.3) is 0 Å². The van der Waals surface area contributed by atoms with Crippen LogP contribution in [0.15, 0.2) is 12.1 Å². The van der Waals surface area contributed by atoms with Crippen molar-refractivity contribution in [1.82, 2.24) is 0 Å². The number of halogens is 1. The zero-order valence-electron chi connectivity index (χ0n) is 7.83. The van der Waals surface area contributed by atoms with Gasteiger partial charge in [-0.15, -0.1) is 0 Å². The second-order valence-corrected chi connectivity index (χ2v) is 2.75. The zero-order chi connectivity index (χ0) is 10.7. The molecule has 74 valence electrons. The summed E-state index contributed by atoms with van der Waals surface area (Å²) in [7, 11) is 1.16. The molecule has 14 heavy (non-hydrogen) atoms. The van der Waals surface area contributed by atoms with Gasteiger partial charge in [0, 0.05) is 5.56 Å². The summed E-state index contributed by atoms with van der Waals surface area (Å²) >= 11 is 0. The molecule has 0 atom stereocenters. The largest absolute Gasteiger partial charge is 0.465 e. The molecule has 0 fully saturated rings. The van der Waals surface area contributed by atoms with E-state index in [1.165, 1.54) is 13.0 Å². The highest BCUT2D eigenvalue weighted by Crippen LogP contribution is 2.17. The molecule has 0 heterocycles. The molecule has 1 aromatic carbocycles. The molecule has 4 heteroatoms. The topological polar surface area (TPSA) is 43.4 Å². The van der Waals surface area contributed by atoms with E-state index in [9.17, 15) is 14.0 Å². The molecule has 0 saturated heterocycles. The molecule has 1 aromatic rings. The Morgan fingerprint density at radius 1 is 1.50 bits per heavy atom. The van der Waals surface area contributed by atoms with E-state index in [-0.39, 0.29) is 11.1 Å². The van der Waals surface area contributed by atoms with Crippen molar-refractivity contribution in [2.45, 2.75) is 6.92 Å². The van der Waals surface area contributed by atoms with Gasteiger partial charge in [0.05, 0.1) is 12.7 Å². The Labute approximate surface area is 80.5 Å². The van der Waals surface area contributed by atoms with Crippen molar-refractivity contribution in [3.63, 3.8) is 0 Å². The predicted octanol–water partition coefficient (Wildman–Crippen LogP) is 1.73. The first-order valence-electron chi connectivity index (χ1n) is 3.94. The lowest BCUT2D eigenvalue weighted by molar-refractivity contribution is 0.0594. The maximum atomic E-state index is 13.2. The SMILES string of the molecule is COC(=O)c1c(F)ccc(C=O)c1C. The van der Waals surface area contributed by atoms with Gasteiger partial charge in [-0.1, -0.05) is 0 Å². The van der Waals surface area contributed by atoms with E-state index in [1.807, 2.05) is 0 Å². The van der Waals surface area contributed by atoms with Crippen LogP contribution in [0, 0.1) is 12.7 Å². The van der Waals surface area contributed by atoms with E-state index in [2.05, 4.69) is 4.74 Å². The average molecular weight is 196 g/mol. The van der Waals surface area contributed by atoms with Crippen molar-refractivity contribution in [1.29, 1.82) is 0 Å². The van der Waals surface area contributed by atoms with E-state index in [0.29, 0.717) is 11.8 Å². The molecular weight excluding hydrogens is 187 g/mol. The maximum Gasteiger partial charge on any atom is 0.341 e. The van der Waals surface area contributed by atoms with Gasteiger partial charge in [-0.25, -0.2) is 9.18 Å². The lowest BCUT2D eigenvalue weighted by Crippen LogP contribution is -2.08. The van der Waals surface area contributed by atoms with Gasteiger partial charge in [-0.2, -0.15) is 0 Å². The summed E-state index contributed by atoms with van der Waals surface area (Å²) in [6.07, 6.45) is 0.571. The lowest BCUT2D eigenvalue weighted by atomic mass is 10.0. The third-order valence-corrected chi connectivity index (χ3v) is 1.97. The molecule has 0 aliphatic heterocycles. The van der Waals surface area contributed by atoms with Gasteiger partial charge in [-0.05, 0) is 24.6 Å². The number of hydrogen-bond donors (Lipinski definition) is 0. The number of rotatable bonds is 2. The van der Waals surface area contributed by atoms with E-state index in [0.717, 1.165) is 13.2 Å². The smallest absolute Gasteiger partial charge is 0.341 e. The summed E-state index contributed by atoms with van der Waals surface area (Å²) < 4.78 is 17.6. The van der Waals surface area contributed by atoms with Crippen molar-refractivity contribution in [3.05, 3.63) is 34.6 Å². The minimum Gasteiger partial charge on any atom is -0.465 e. The molecule has 0 aliphatic rings. The molecule has 0 bridgehead atoms. The van der Waals surface area contributed by atoms with Crippen LogP contribution in [0.4, 0.5) is 4.39 Å². The maximum absolute atomic E-state index is 13.2. The molecular formula is C10H9FO3. The standard InChI is InChI=1S/C10H9FO3/c1-6-7(5-12)3-4-8(11)9(6)10(13)14-2/h3-5H,1-2H3. The minimum atomic E-state index is -0.774. The fourth-order valence-corrected chi connectivity index (χ4v) is 1.18. The first-order chi connectivity index (χ1) is 6.61. The lowest BCUT2D eigenvalue weighted by Gasteiger charge is -2.06. The van der Waals surface area contributed by atoms with Gasteiger partial charge < -0.3 is 4.74 Å². The second kappa shape index (κ2) is 4.00. The average Bonchev–Trinajstić information content (AvgIpc) is 2.18. The van der Waals surface area contributed by atoms with Gasteiger partial charge >= 0.3 is 5.97 Å². The van der Waals surface area contributed by atoms with Crippen LogP contribution in [-0.4, -0.2) is 19.4 Å². The molecule has 3 nitrogen and oxygen atoms in total. The van der Waals surface area contributed by atoms with Crippen LogP contribution in [0.1, 0.15) is 26.3 Å². The van der Waals surface area contributed by atoms with Gasteiger partial charge in [-0.3, -0.25) is 4.79 Å². The first kappa shape index (κ1) is 10.4. The number of carbonyl (C=O) groups excluding carboxylic acids is 2. The van der Waals surface area contributed by atoms with Crippen LogP contribution >= 0.6 is 0 Å². The summed E-state index contributed by atoms with van der Waals surface area (Å²) in [5.74, 6) is -1.45. The van der Waals surface area contributed by atoms with Crippen molar-refractivity contribution in [3.8, 4) is 0 Å². The number of benzene rings is 1. The van der Waals surface area contributed by atoms with E-state index >= 15 is 0 Å². The number of esters is 1. The van der Waals surface area contributed by atoms with Crippen LogP contribution in [0.3, 0.4) is 0 Å². The van der Waals surface area contributed by atoms with Crippen LogP contribution in [-0.2, 0) is 4.74 Å². The van der Waals surface area contributed by atoms with Crippen LogP contribution in [0.25, 0.3) is 0 Å². The summed E-state index contributed by atoms with van der Waals surface area (Å²) in [6.45, 7) is 1.50. The second-order valence-electron chi connectivity index (χ2n) is 2.75. The Bertz CT molecular complexity index is 385. The predicted molar refractivity (Wildman–Crippen MR) is 47.9 cm³/mol. The number of aldehydes is 1. The van der Waals surface area contributed by atoms with E-state index in [1.54, 1.807) is 0 Å². The molecule has 0 aliphatic carbocycles. The van der Waals surface area contributed by atoms with E-state index < -0.39 is 11.8 Å². The first-order valence-corrected chi connectivity index (χ1v) is 3.94. The number of methoxy groups -OCH3 is 1. The number of hydrogen-bond acceptors (Lipinski definition) is 3. The molecule has 0 aromatic heterocycles. The molecule has 0 spiro atoms. The van der Waals surface area contributed by atoms with Crippen LogP contribution in [0.5, 0.6) is 0 Å². The Balaban J connectivity index is 3.39. The highest BCUT2D eigenvalue weighted by atomic mass is 19.1. The normalized spacial score (nSPS) is 9.64. The van der Waals surface area contributed by atoms with E-state index in [4.69, 9.17) is 0 Å². The van der Waals surface area contributed by atoms with Crippen LogP contribution in [0.2, 0.25) is 0 Å². The highest BCUT2D eigenvalue weighted by Gasteiger charge is 2.17. The Hall–Kier alpha value is -1.71. The summed E-state index contributed by atoms with van der Waals surface area (Å²) in [5, 5.41) is 0. The van der Waals surface area contributed by atoms with Gasteiger partial charge in [0.2, 0.25) is 0 Å². The Morgan fingerprint density at radius 2 is 2.14 bits per heavy atom. The number of carbonyl (C=O) groups is 2. The van der Waals surface area contributed by atoms with Crippen molar-refractivity contribution in [2.75, 3.05) is 7.11 Å². The molecule has 0 saturated carbocycles. The third-order valence-electron chi connectivity index (χ3n) is 1.97. The zero-order valence-corrected chi connectivity index (χ0v) is 7.83. The quantitative estimate of drug-likeness (QED) is 0.534. The molecule has 0 unspecified atom stereocenters. The summed E-state index contributed by atoms with van der Waals surface area (Å²) in [6, 6.07) is 2.40. The highest BCUT2D eigenvalue weighted by molar-refractivity contribution is 5.94.